The predicted octanol–water partition coefficient (Wildman–Crippen LogP) is 2.24. The Bertz CT molecular complexity index is 659. The van der Waals surface area contributed by atoms with Crippen molar-refractivity contribution in [2.45, 2.75) is 50.4 Å². The monoisotopic (exact) mass is 399 g/mol. The topological polar surface area (TPSA) is 108 Å². The maximum Gasteiger partial charge on any atom is 0.227 e. The van der Waals surface area contributed by atoms with Crippen molar-refractivity contribution >= 4 is 22.4 Å². The molecule has 4 N–H and O–H groups in total. The van der Waals surface area contributed by atoms with Crippen LogP contribution in [0.1, 0.15) is 39.3 Å². The lowest BCUT2D eigenvalue weighted by Gasteiger charge is -2.44. The molecule has 8 nitrogen and oxygen atoms in total. The van der Waals surface area contributed by atoms with E-state index in [0.717, 1.165) is 38.3 Å². The molecular formula is C18H33N5O3S. The number of piperidine rings is 1. The van der Waals surface area contributed by atoms with Crippen LogP contribution in [0.5, 0.6) is 0 Å². The van der Waals surface area contributed by atoms with Crippen LogP contribution in [0.15, 0.2) is 6.07 Å². The fourth-order valence-corrected chi connectivity index (χ4v) is 3.88. The second-order valence-electron chi connectivity index (χ2n) is 8.20. The summed E-state index contributed by atoms with van der Waals surface area (Å²) in [5.41, 5.74) is 6.70. The molecule has 0 aromatic carbocycles. The van der Waals surface area contributed by atoms with E-state index in [1.165, 1.54) is 6.26 Å². The molecule has 3 rings (SSSR count). The number of hydrogen-bond donors (Lipinski definition) is 3. The van der Waals surface area contributed by atoms with Crippen LogP contribution < -0.4 is 15.5 Å². The van der Waals surface area contributed by atoms with Gasteiger partial charge < -0.3 is 20.3 Å². The van der Waals surface area contributed by atoms with Crippen molar-refractivity contribution in [2.24, 2.45) is 5.73 Å². The number of ether oxygens (including phenoxy) is 1. The lowest BCUT2D eigenvalue weighted by Crippen LogP contribution is -2.45. The molecular weight excluding hydrogens is 366 g/mol. The molecule has 1 aromatic rings. The van der Waals surface area contributed by atoms with E-state index >= 15 is 0 Å². The SMILES string of the molecule is C[C@H]1COCCN1c1cc(C(C)(C)S(C)(O)O)nc(N2CCC(N)CC2)n1. The van der Waals surface area contributed by atoms with E-state index in [4.69, 9.17) is 20.4 Å². The summed E-state index contributed by atoms with van der Waals surface area (Å²) in [4.78, 5) is 14.0. The van der Waals surface area contributed by atoms with Gasteiger partial charge in [0, 0.05) is 38.0 Å². The average Bonchev–Trinajstić information content (AvgIpc) is 2.61. The molecule has 2 saturated heterocycles. The highest BCUT2D eigenvalue weighted by Gasteiger charge is 2.36. The third kappa shape index (κ3) is 4.32. The van der Waals surface area contributed by atoms with E-state index in [0.29, 0.717) is 24.9 Å². The van der Waals surface area contributed by atoms with Gasteiger partial charge in [0.25, 0.3) is 0 Å². The van der Waals surface area contributed by atoms with Crippen molar-refractivity contribution in [3.05, 3.63) is 11.8 Å². The molecule has 3 heterocycles. The third-order valence-electron chi connectivity index (χ3n) is 5.77. The highest BCUT2D eigenvalue weighted by molar-refractivity contribution is 8.24. The minimum absolute atomic E-state index is 0.203. The predicted molar refractivity (Wildman–Crippen MR) is 111 cm³/mol. The van der Waals surface area contributed by atoms with Crippen molar-refractivity contribution in [1.82, 2.24) is 9.97 Å². The van der Waals surface area contributed by atoms with Crippen LogP contribution in [0, 0.1) is 0 Å². The van der Waals surface area contributed by atoms with Crippen LogP contribution in [0.3, 0.4) is 0 Å². The average molecular weight is 400 g/mol. The Labute approximate surface area is 163 Å². The number of nitrogens with zero attached hydrogens (tertiary/aromatic N) is 4. The summed E-state index contributed by atoms with van der Waals surface area (Å²) in [5.74, 6) is 1.46. The maximum atomic E-state index is 10.4. The second kappa shape index (κ2) is 7.71. The number of anilines is 2. The number of hydrogen-bond acceptors (Lipinski definition) is 8. The lowest BCUT2D eigenvalue weighted by molar-refractivity contribution is 0.0985. The first-order valence-electron chi connectivity index (χ1n) is 9.57. The molecule has 2 aliphatic rings. The first-order chi connectivity index (χ1) is 12.6. The molecule has 0 amide bonds. The Kier molecular flexibility index (Phi) is 5.88. The maximum absolute atomic E-state index is 10.4. The molecule has 154 valence electrons. The van der Waals surface area contributed by atoms with Crippen molar-refractivity contribution in [1.29, 1.82) is 0 Å². The molecule has 0 saturated carbocycles. The van der Waals surface area contributed by atoms with Gasteiger partial charge in [0.1, 0.15) is 5.82 Å². The molecule has 27 heavy (non-hydrogen) atoms. The number of aromatic nitrogens is 2. The molecule has 0 bridgehead atoms. The zero-order valence-electron chi connectivity index (χ0n) is 16.8. The highest BCUT2D eigenvalue weighted by atomic mass is 32.3. The Morgan fingerprint density at radius 3 is 2.48 bits per heavy atom. The Balaban J connectivity index is 2.02. The van der Waals surface area contributed by atoms with Gasteiger partial charge in [0.15, 0.2) is 0 Å². The number of rotatable bonds is 4. The zero-order chi connectivity index (χ0) is 19.8. The van der Waals surface area contributed by atoms with Gasteiger partial charge >= 0.3 is 0 Å². The van der Waals surface area contributed by atoms with Crippen LogP contribution >= 0.6 is 10.6 Å². The lowest BCUT2D eigenvalue weighted by atomic mass is 10.1. The molecule has 0 unspecified atom stereocenters. The first kappa shape index (κ1) is 20.6. The van der Waals surface area contributed by atoms with Crippen LogP contribution in [-0.2, 0) is 9.48 Å². The fraction of sp³-hybridized carbons (Fsp3) is 0.778. The summed E-state index contributed by atoms with van der Waals surface area (Å²) in [6.45, 7) is 9.45. The van der Waals surface area contributed by atoms with E-state index in [1.807, 2.05) is 19.9 Å². The zero-order valence-corrected chi connectivity index (χ0v) is 17.6. The first-order valence-corrected chi connectivity index (χ1v) is 11.5. The van der Waals surface area contributed by atoms with Crippen molar-refractivity contribution in [2.75, 3.05) is 48.9 Å². The van der Waals surface area contributed by atoms with E-state index in [9.17, 15) is 9.11 Å². The summed E-state index contributed by atoms with van der Waals surface area (Å²) in [6, 6.07) is 2.33. The summed E-state index contributed by atoms with van der Waals surface area (Å²) in [7, 11) is -2.84. The second-order valence-corrected chi connectivity index (χ2v) is 10.9. The summed E-state index contributed by atoms with van der Waals surface area (Å²) >= 11 is 0. The summed E-state index contributed by atoms with van der Waals surface area (Å²) in [5, 5.41) is 0. The third-order valence-corrected chi connectivity index (χ3v) is 7.91. The van der Waals surface area contributed by atoms with Crippen molar-refractivity contribution in [3.8, 4) is 0 Å². The van der Waals surface area contributed by atoms with Gasteiger partial charge in [0.05, 0.1) is 29.7 Å². The Morgan fingerprint density at radius 1 is 1.22 bits per heavy atom. The Hall–Kier alpha value is -1.13. The van der Waals surface area contributed by atoms with Crippen molar-refractivity contribution in [3.63, 3.8) is 0 Å². The molecule has 2 fully saturated rings. The smallest absolute Gasteiger partial charge is 0.227 e. The van der Waals surface area contributed by atoms with Crippen LogP contribution in [0.2, 0.25) is 0 Å². The number of nitrogens with two attached hydrogens (primary N) is 1. The standard InChI is InChI=1S/C18H33N5O3S/c1-13-12-26-10-9-23(13)16-11-15(18(2,3)27(4,24)25)20-17(21-16)22-7-5-14(19)6-8-22/h11,13-14,24-25H,5-10,12,19H2,1-4H3/t13-/m0/s1. The number of morpholine rings is 1. The minimum atomic E-state index is -2.84. The quantitative estimate of drug-likeness (QED) is 0.707. The van der Waals surface area contributed by atoms with Gasteiger partial charge in [-0.1, -0.05) is 0 Å². The van der Waals surface area contributed by atoms with Gasteiger partial charge in [-0.3, -0.25) is 9.11 Å². The largest absolute Gasteiger partial charge is 0.377 e. The summed E-state index contributed by atoms with van der Waals surface area (Å²) < 4.78 is 25.5. The molecule has 1 aromatic heterocycles. The minimum Gasteiger partial charge on any atom is -0.377 e. The van der Waals surface area contributed by atoms with Gasteiger partial charge in [-0.05, 0) is 33.6 Å². The van der Waals surface area contributed by atoms with E-state index < -0.39 is 15.3 Å². The molecule has 1 atom stereocenters. The van der Waals surface area contributed by atoms with E-state index in [-0.39, 0.29) is 12.1 Å². The van der Waals surface area contributed by atoms with E-state index in [2.05, 4.69) is 16.7 Å². The molecule has 9 heteroatoms. The van der Waals surface area contributed by atoms with Crippen LogP contribution in [0.4, 0.5) is 11.8 Å². The molecule has 0 spiro atoms. The molecule has 2 aliphatic heterocycles. The van der Waals surface area contributed by atoms with Crippen LogP contribution in [0.25, 0.3) is 0 Å². The Morgan fingerprint density at radius 2 is 1.89 bits per heavy atom. The normalized spacial score (nSPS) is 23.6. The van der Waals surface area contributed by atoms with Crippen LogP contribution in [-0.4, -0.2) is 70.3 Å². The van der Waals surface area contributed by atoms with E-state index in [1.54, 1.807) is 0 Å². The molecule has 0 aliphatic carbocycles. The molecule has 0 radical (unpaired) electrons. The van der Waals surface area contributed by atoms with Gasteiger partial charge in [0.2, 0.25) is 5.95 Å². The van der Waals surface area contributed by atoms with Gasteiger partial charge in [-0.25, -0.2) is 4.98 Å². The fourth-order valence-electron chi connectivity index (χ4n) is 3.38. The highest BCUT2D eigenvalue weighted by Crippen LogP contribution is 2.55. The summed E-state index contributed by atoms with van der Waals surface area (Å²) in [6.07, 6.45) is 3.29. The van der Waals surface area contributed by atoms with Gasteiger partial charge in [-0.15, -0.1) is 0 Å². The van der Waals surface area contributed by atoms with Gasteiger partial charge in [-0.2, -0.15) is 15.6 Å². The van der Waals surface area contributed by atoms with Crippen molar-refractivity contribution < 1.29 is 13.8 Å².